The highest BCUT2D eigenvalue weighted by molar-refractivity contribution is 6.31. The number of amides is 2. The van der Waals surface area contributed by atoms with Gasteiger partial charge in [-0.15, -0.1) is 0 Å². The van der Waals surface area contributed by atoms with Gasteiger partial charge < -0.3 is 19.3 Å². The Hall–Kier alpha value is -2.61. The topological polar surface area (TPSA) is 62.3 Å². The van der Waals surface area contributed by atoms with Crippen molar-refractivity contribution in [1.29, 1.82) is 0 Å². The standard InChI is InChI=1S/C30H38ClN3O4/c1-20-15-32(24(18-37-5)16-33(20)28(36)38-29(2,3)4)17-27(35)34-19-30(25-11-10-23(31)12-26(25)34)13-21-8-6-7-9-22(21)14-30/h6-12,20,24H,13-19H2,1-5H3/t20-,24-/m1/s1. The van der Waals surface area contributed by atoms with E-state index in [1.807, 2.05) is 44.7 Å². The van der Waals surface area contributed by atoms with E-state index < -0.39 is 5.60 Å². The number of fused-ring (bicyclic) bond motifs is 3. The maximum Gasteiger partial charge on any atom is 0.410 e. The fourth-order valence-electron chi connectivity index (χ4n) is 6.36. The first kappa shape index (κ1) is 27.0. The number of hydrogen-bond acceptors (Lipinski definition) is 5. The van der Waals surface area contributed by atoms with Gasteiger partial charge in [0.1, 0.15) is 5.60 Å². The third-order valence-electron chi connectivity index (χ3n) is 8.04. The van der Waals surface area contributed by atoms with Gasteiger partial charge in [0, 0.05) is 48.9 Å². The van der Waals surface area contributed by atoms with Crippen LogP contribution in [0.5, 0.6) is 0 Å². The van der Waals surface area contributed by atoms with Crippen LogP contribution in [0.3, 0.4) is 0 Å². The molecule has 1 saturated heterocycles. The Morgan fingerprint density at radius 2 is 1.76 bits per heavy atom. The average Bonchev–Trinajstić information content (AvgIpc) is 3.36. The molecule has 0 radical (unpaired) electrons. The Morgan fingerprint density at radius 3 is 2.39 bits per heavy atom. The van der Waals surface area contributed by atoms with Crippen molar-refractivity contribution in [3.63, 3.8) is 0 Å². The largest absolute Gasteiger partial charge is 0.444 e. The van der Waals surface area contributed by atoms with Gasteiger partial charge in [-0.2, -0.15) is 0 Å². The number of halogens is 1. The molecular weight excluding hydrogens is 502 g/mol. The molecule has 2 amide bonds. The molecule has 204 valence electrons. The van der Waals surface area contributed by atoms with Gasteiger partial charge >= 0.3 is 6.09 Å². The summed E-state index contributed by atoms with van der Waals surface area (Å²) in [6, 6.07) is 14.3. The molecule has 2 aromatic carbocycles. The zero-order chi connectivity index (χ0) is 27.2. The predicted molar refractivity (Wildman–Crippen MR) is 149 cm³/mol. The van der Waals surface area contributed by atoms with Crippen molar-refractivity contribution in [2.45, 2.75) is 63.6 Å². The smallest absolute Gasteiger partial charge is 0.410 e. The molecule has 0 N–H and O–H groups in total. The molecule has 1 spiro atoms. The number of carbonyl (C=O) groups excluding carboxylic acids is 2. The first-order valence-electron chi connectivity index (χ1n) is 13.4. The van der Waals surface area contributed by atoms with E-state index in [0.717, 1.165) is 18.5 Å². The summed E-state index contributed by atoms with van der Waals surface area (Å²) >= 11 is 6.43. The highest BCUT2D eigenvalue weighted by Crippen LogP contribution is 2.49. The molecular formula is C30H38ClN3O4. The normalized spacial score (nSPS) is 22.5. The summed E-state index contributed by atoms with van der Waals surface area (Å²) in [7, 11) is 1.65. The van der Waals surface area contributed by atoms with Crippen molar-refractivity contribution >= 4 is 29.3 Å². The fraction of sp³-hybridized carbons (Fsp3) is 0.533. The number of rotatable bonds is 4. The van der Waals surface area contributed by atoms with Gasteiger partial charge in [-0.25, -0.2) is 4.79 Å². The monoisotopic (exact) mass is 539 g/mol. The van der Waals surface area contributed by atoms with Gasteiger partial charge in [-0.05, 0) is 69.4 Å². The van der Waals surface area contributed by atoms with E-state index in [0.29, 0.717) is 31.3 Å². The second-order valence-corrected chi connectivity index (χ2v) is 12.5. The third kappa shape index (κ3) is 5.16. The van der Waals surface area contributed by atoms with E-state index in [1.54, 1.807) is 12.0 Å². The zero-order valence-corrected chi connectivity index (χ0v) is 23.8. The molecule has 3 aliphatic rings. The molecule has 5 rings (SSSR count). The number of benzene rings is 2. The van der Waals surface area contributed by atoms with Gasteiger partial charge in [-0.1, -0.05) is 41.9 Å². The summed E-state index contributed by atoms with van der Waals surface area (Å²) in [5.74, 6) is 0.0420. The minimum absolute atomic E-state index is 0.0420. The molecule has 2 atom stereocenters. The average molecular weight is 540 g/mol. The van der Waals surface area contributed by atoms with Gasteiger partial charge in [0.2, 0.25) is 5.91 Å². The number of hydrogen-bond donors (Lipinski definition) is 0. The quantitative estimate of drug-likeness (QED) is 0.564. The lowest BCUT2D eigenvalue weighted by Gasteiger charge is -2.45. The van der Waals surface area contributed by atoms with Crippen LogP contribution in [0.4, 0.5) is 10.5 Å². The van der Waals surface area contributed by atoms with E-state index in [2.05, 4.69) is 35.2 Å². The van der Waals surface area contributed by atoms with Crippen LogP contribution in [0.15, 0.2) is 42.5 Å². The molecule has 2 aromatic rings. The summed E-state index contributed by atoms with van der Waals surface area (Å²) in [5, 5.41) is 0.631. The lowest BCUT2D eigenvalue weighted by atomic mass is 9.79. The molecule has 7 nitrogen and oxygen atoms in total. The first-order chi connectivity index (χ1) is 18.0. The Bertz CT molecular complexity index is 1200. The molecule has 1 fully saturated rings. The number of nitrogens with zero attached hydrogens (tertiary/aromatic N) is 3. The Kier molecular flexibility index (Phi) is 7.22. The van der Waals surface area contributed by atoms with Crippen LogP contribution in [-0.4, -0.2) is 79.4 Å². The Morgan fingerprint density at radius 1 is 1.08 bits per heavy atom. The minimum atomic E-state index is -0.569. The van der Waals surface area contributed by atoms with Gasteiger partial charge in [-0.3, -0.25) is 9.69 Å². The lowest BCUT2D eigenvalue weighted by molar-refractivity contribution is -0.121. The van der Waals surface area contributed by atoms with Crippen LogP contribution in [-0.2, 0) is 32.5 Å². The van der Waals surface area contributed by atoms with Crippen LogP contribution in [0.1, 0.15) is 44.4 Å². The number of ether oxygens (including phenoxy) is 2. The van der Waals surface area contributed by atoms with Crippen molar-refractivity contribution < 1.29 is 19.1 Å². The minimum Gasteiger partial charge on any atom is -0.444 e. The van der Waals surface area contributed by atoms with E-state index in [-0.39, 0.29) is 36.0 Å². The van der Waals surface area contributed by atoms with Crippen LogP contribution in [0.25, 0.3) is 0 Å². The van der Waals surface area contributed by atoms with Gasteiger partial charge in [0.05, 0.1) is 19.2 Å². The number of carbonyl (C=O) groups is 2. The fourth-order valence-corrected chi connectivity index (χ4v) is 6.52. The van der Waals surface area contributed by atoms with E-state index >= 15 is 0 Å². The summed E-state index contributed by atoms with van der Waals surface area (Å²) in [6.45, 7) is 9.91. The van der Waals surface area contributed by atoms with Crippen LogP contribution >= 0.6 is 11.6 Å². The summed E-state index contributed by atoms with van der Waals surface area (Å²) in [5.41, 5.74) is 4.13. The van der Waals surface area contributed by atoms with Gasteiger partial charge in [0.25, 0.3) is 0 Å². The second-order valence-electron chi connectivity index (χ2n) is 12.1. The molecule has 0 saturated carbocycles. The second kappa shape index (κ2) is 10.2. The maximum atomic E-state index is 14.0. The van der Waals surface area contributed by atoms with Crippen molar-refractivity contribution in [2.24, 2.45) is 0 Å². The molecule has 1 aliphatic carbocycles. The molecule has 2 heterocycles. The summed E-state index contributed by atoms with van der Waals surface area (Å²) in [4.78, 5) is 32.7. The molecule has 8 heteroatoms. The number of anilines is 1. The van der Waals surface area contributed by atoms with E-state index in [4.69, 9.17) is 21.1 Å². The van der Waals surface area contributed by atoms with Crippen LogP contribution in [0.2, 0.25) is 5.02 Å². The molecule has 2 aliphatic heterocycles. The first-order valence-corrected chi connectivity index (χ1v) is 13.8. The van der Waals surface area contributed by atoms with Crippen LogP contribution < -0.4 is 4.90 Å². The molecule has 38 heavy (non-hydrogen) atoms. The molecule has 0 aromatic heterocycles. The van der Waals surface area contributed by atoms with Crippen molar-refractivity contribution in [3.8, 4) is 0 Å². The van der Waals surface area contributed by atoms with E-state index in [1.165, 1.54) is 16.7 Å². The SMILES string of the molecule is COC[C@H]1CN(C(=O)OC(C)(C)C)[C@H](C)CN1CC(=O)N1CC2(Cc3ccccc3C2)c2ccc(Cl)cc21. The van der Waals surface area contributed by atoms with Crippen molar-refractivity contribution in [3.05, 3.63) is 64.2 Å². The lowest BCUT2D eigenvalue weighted by Crippen LogP contribution is -2.62. The highest BCUT2D eigenvalue weighted by atomic mass is 35.5. The zero-order valence-electron chi connectivity index (χ0n) is 23.0. The summed E-state index contributed by atoms with van der Waals surface area (Å²) < 4.78 is 11.1. The number of piperazine rings is 1. The number of methoxy groups -OCH3 is 1. The van der Waals surface area contributed by atoms with E-state index in [9.17, 15) is 9.59 Å². The predicted octanol–water partition coefficient (Wildman–Crippen LogP) is 4.68. The Labute approximate surface area is 230 Å². The summed E-state index contributed by atoms with van der Waals surface area (Å²) in [6.07, 6.45) is 1.50. The third-order valence-corrected chi connectivity index (χ3v) is 8.27. The molecule has 0 unspecified atom stereocenters. The van der Waals surface area contributed by atoms with Crippen molar-refractivity contribution in [2.75, 3.05) is 44.8 Å². The highest BCUT2D eigenvalue weighted by Gasteiger charge is 2.48. The van der Waals surface area contributed by atoms with Crippen molar-refractivity contribution in [1.82, 2.24) is 9.80 Å². The maximum absolute atomic E-state index is 14.0. The van der Waals surface area contributed by atoms with Crippen LogP contribution in [0, 0.1) is 0 Å². The molecule has 0 bridgehead atoms. The Balaban J connectivity index is 1.35. The van der Waals surface area contributed by atoms with Gasteiger partial charge in [0.15, 0.2) is 0 Å².